The minimum Gasteiger partial charge on any atom is -0.495 e. The normalized spacial score (nSPS) is 11.8. The van der Waals surface area contributed by atoms with Crippen molar-refractivity contribution in [2.24, 2.45) is 0 Å². The van der Waals surface area contributed by atoms with E-state index in [9.17, 15) is 0 Å². The van der Waals surface area contributed by atoms with Crippen molar-refractivity contribution in [3.63, 3.8) is 0 Å². The van der Waals surface area contributed by atoms with Gasteiger partial charge in [-0.05, 0) is 37.8 Å². The summed E-state index contributed by atoms with van der Waals surface area (Å²) in [5.74, 6) is 1.30. The summed E-state index contributed by atoms with van der Waals surface area (Å²) in [5.41, 5.74) is 4.05. The number of allylic oxidation sites excluding steroid dienone is 1. The molecule has 0 atom stereocenters. The molecular weight excluding hydrogens is 388 g/mol. The van der Waals surface area contributed by atoms with E-state index in [1.807, 2.05) is 24.3 Å². The van der Waals surface area contributed by atoms with Gasteiger partial charge in [-0.15, -0.1) is 10.2 Å². The Hall–Kier alpha value is -3.53. The molecule has 0 radical (unpaired) electrons. The van der Waals surface area contributed by atoms with E-state index >= 15 is 0 Å². The first kappa shape index (κ1) is 18.8. The molecule has 2 N–H and O–H groups in total. The largest absolute Gasteiger partial charge is 0.495 e. The number of nitrogens with zero attached hydrogens (tertiary/aromatic N) is 6. The lowest BCUT2D eigenvalue weighted by Gasteiger charge is -2.08. The number of ether oxygens (including phenoxy) is 1. The lowest BCUT2D eigenvalue weighted by atomic mass is 10.2. The molecule has 0 bridgehead atoms. The number of pyridine rings is 2. The molecule has 0 aromatic carbocycles. The maximum Gasteiger partial charge on any atom is 0.179 e. The molecule has 146 valence electrons. The van der Waals surface area contributed by atoms with Crippen LogP contribution < -0.4 is 10.1 Å². The summed E-state index contributed by atoms with van der Waals surface area (Å²) in [6.45, 7) is 2.10. The number of fused-ring (bicyclic) bond motifs is 2. The first-order chi connectivity index (χ1) is 14.0. The second-order valence-corrected chi connectivity index (χ2v) is 6.84. The molecule has 0 aliphatic rings. The van der Waals surface area contributed by atoms with E-state index in [1.54, 1.807) is 37.0 Å². The fraction of sp³-hybridized carbons (Fsp3) is 0.158. The summed E-state index contributed by atoms with van der Waals surface area (Å²) in [4.78, 5) is 9.49. The number of aromatic nitrogens is 6. The third kappa shape index (κ3) is 3.87. The lowest BCUT2D eigenvalue weighted by Crippen LogP contribution is -2.08. The van der Waals surface area contributed by atoms with Crippen LogP contribution in [-0.4, -0.2) is 42.6 Å². The molecule has 4 heterocycles. The zero-order valence-electron chi connectivity index (χ0n) is 15.8. The van der Waals surface area contributed by atoms with Crippen LogP contribution in [0.1, 0.15) is 18.4 Å². The molecular formula is C19H19N8OS+. The van der Waals surface area contributed by atoms with Gasteiger partial charge >= 0.3 is 0 Å². The molecule has 0 saturated carbocycles. The van der Waals surface area contributed by atoms with Crippen LogP contribution in [0.4, 0.5) is 5.69 Å². The second kappa shape index (κ2) is 7.84. The van der Waals surface area contributed by atoms with Gasteiger partial charge in [-0.1, -0.05) is 0 Å². The predicted molar refractivity (Wildman–Crippen MR) is 116 cm³/mol. The Kier molecular flexibility index (Phi) is 5.09. The Labute approximate surface area is 171 Å². The predicted octanol–water partition coefficient (Wildman–Crippen LogP) is 2.08. The highest BCUT2D eigenvalue weighted by atomic mass is 32.1. The Morgan fingerprint density at radius 3 is 2.93 bits per heavy atom. The molecule has 0 unspecified atom stereocenters. The van der Waals surface area contributed by atoms with Crippen LogP contribution in [0.5, 0.6) is 5.75 Å². The van der Waals surface area contributed by atoms with Crippen LogP contribution >= 0.6 is 0 Å². The number of methoxy groups -OCH3 is 1. The van der Waals surface area contributed by atoms with Crippen molar-refractivity contribution in [3.05, 3.63) is 54.3 Å². The highest BCUT2D eigenvalue weighted by Gasteiger charge is 2.12. The fourth-order valence-electron chi connectivity index (χ4n) is 2.82. The molecule has 4 aromatic rings. The summed E-state index contributed by atoms with van der Waals surface area (Å²) in [5, 5.41) is 23.9. The summed E-state index contributed by atoms with van der Waals surface area (Å²) < 4.78 is 6.89. The third-order valence-corrected chi connectivity index (χ3v) is 4.59. The van der Waals surface area contributed by atoms with E-state index in [2.05, 4.69) is 43.2 Å². The molecule has 0 aliphatic carbocycles. The first-order valence-electron chi connectivity index (χ1n) is 8.78. The molecule has 9 nitrogen and oxygen atoms in total. The monoisotopic (exact) mass is 407 g/mol. The van der Waals surface area contributed by atoms with Gasteiger partial charge in [0.25, 0.3) is 0 Å². The fourth-order valence-corrected chi connectivity index (χ4v) is 3.17. The number of hydrogen-bond donors (Lipinski definition) is 2. The SMILES string of the molecule is COc1cnc2c(NCc3nnc4ccc(/C([SH2+])=C/C(C)=N)nn34)ccnc2c1. The van der Waals surface area contributed by atoms with Crippen molar-refractivity contribution in [2.45, 2.75) is 13.5 Å². The van der Waals surface area contributed by atoms with Gasteiger partial charge < -0.3 is 15.5 Å². The van der Waals surface area contributed by atoms with Crippen LogP contribution in [0.15, 0.2) is 42.7 Å². The van der Waals surface area contributed by atoms with Gasteiger partial charge in [0.1, 0.15) is 17.0 Å². The number of nitrogens with one attached hydrogen (secondary N) is 2. The van der Waals surface area contributed by atoms with Crippen molar-refractivity contribution in [1.29, 1.82) is 5.41 Å². The van der Waals surface area contributed by atoms with Crippen molar-refractivity contribution >= 4 is 45.6 Å². The van der Waals surface area contributed by atoms with E-state index in [0.29, 0.717) is 40.1 Å². The first-order valence-corrected chi connectivity index (χ1v) is 9.28. The van der Waals surface area contributed by atoms with Crippen molar-refractivity contribution < 1.29 is 4.74 Å². The van der Waals surface area contributed by atoms with Gasteiger partial charge in [0, 0.05) is 24.1 Å². The maximum atomic E-state index is 7.61. The topological polar surface area (TPSA) is 114 Å². The van der Waals surface area contributed by atoms with Crippen molar-refractivity contribution in [3.8, 4) is 5.75 Å². The zero-order valence-corrected chi connectivity index (χ0v) is 16.8. The maximum absolute atomic E-state index is 7.61. The summed E-state index contributed by atoms with van der Waals surface area (Å²) in [6, 6.07) is 7.36. The Bertz CT molecular complexity index is 1250. The molecule has 0 saturated heterocycles. The van der Waals surface area contributed by atoms with E-state index in [1.165, 1.54) is 0 Å². The molecule has 0 fully saturated rings. The lowest BCUT2D eigenvalue weighted by molar-refractivity contribution is 0.413. The van der Waals surface area contributed by atoms with Crippen LogP contribution in [0.2, 0.25) is 0 Å². The number of rotatable bonds is 6. The van der Waals surface area contributed by atoms with E-state index in [4.69, 9.17) is 10.1 Å². The molecule has 4 rings (SSSR count). The standard InChI is InChI=1S/C19H18N8OS/c1-11(20)7-16(29)13-3-4-17-24-25-18(27(17)26-13)10-22-14-5-6-21-15-8-12(28-2)9-23-19(14)15/h3-9,20,29H,10H2,1-2H3,(H,21,22)/p+1/b16-7-,20-11?. The Morgan fingerprint density at radius 2 is 2.14 bits per heavy atom. The molecule has 29 heavy (non-hydrogen) atoms. The third-order valence-electron chi connectivity index (χ3n) is 4.19. The van der Waals surface area contributed by atoms with Crippen LogP contribution in [0.25, 0.3) is 21.6 Å². The van der Waals surface area contributed by atoms with Gasteiger partial charge in [-0.3, -0.25) is 4.98 Å². The minimum absolute atomic E-state index is 0.398. The van der Waals surface area contributed by atoms with Crippen LogP contribution in [-0.2, 0) is 19.2 Å². The van der Waals surface area contributed by atoms with Crippen molar-refractivity contribution in [1.82, 2.24) is 29.8 Å². The van der Waals surface area contributed by atoms with E-state index in [0.717, 1.165) is 16.7 Å². The average molecular weight is 407 g/mol. The molecule has 0 amide bonds. The van der Waals surface area contributed by atoms with Gasteiger partial charge in [-0.25, -0.2) is 4.98 Å². The summed E-state index contributed by atoms with van der Waals surface area (Å²) in [7, 11) is 1.60. The van der Waals surface area contributed by atoms with Crippen LogP contribution in [0, 0.1) is 5.41 Å². The summed E-state index contributed by atoms with van der Waals surface area (Å²) >= 11 is 3.52. The minimum atomic E-state index is 0.398. The zero-order chi connectivity index (χ0) is 20.4. The molecule has 0 spiro atoms. The molecule has 0 aliphatic heterocycles. The Morgan fingerprint density at radius 1 is 1.28 bits per heavy atom. The highest BCUT2D eigenvalue weighted by Crippen LogP contribution is 2.23. The van der Waals surface area contributed by atoms with E-state index in [-0.39, 0.29) is 0 Å². The highest BCUT2D eigenvalue weighted by molar-refractivity contribution is 7.70. The molecule has 4 aromatic heterocycles. The number of anilines is 1. The Balaban J connectivity index is 1.63. The van der Waals surface area contributed by atoms with Gasteiger partial charge in [0.05, 0.1) is 31.1 Å². The quantitative estimate of drug-likeness (QED) is 0.371. The van der Waals surface area contributed by atoms with Crippen molar-refractivity contribution in [2.75, 3.05) is 12.4 Å². The second-order valence-electron chi connectivity index (χ2n) is 6.30. The summed E-state index contributed by atoms with van der Waals surface area (Å²) in [6.07, 6.45) is 5.06. The number of hydrogen-bond acceptors (Lipinski definition) is 8. The van der Waals surface area contributed by atoms with Gasteiger partial charge in [0.2, 0.25) is 0 Å². The van der Waals surface area contributed by atoms with Gasteiger partial charge in [0.15, 0.2) is 16.4 Å². The molecule has 10 heteroatoms. The van der Waals surface area contributed by atoms with Crippen LogP contribution in [0.3, 0.4) is 0 Å². The smallest absolute Gasteiger partial charge is 0.179 e. The van der Waals surface area contributed by atoms with Gasteiger partial charge in [-0.2, -0.15) is 9.61 Å². The average Bonchev–Trinajstić information content (AvgIpc) is 3.13. The van der Waals surface area contributed by atoms with E-state index < -0.39 is 0 Å².